The molecule has 17 heavy (non-hydrogen) atoms. The summed E-state index contributed by atoms with van der Waals surface area (Å²) in [7, 11) is -1.36. The fourth-order valence-corrected chi connectivity index (χ4v) is 2.64. The van der Waals surface area contributed by atoms with Crippen LogP contribution in [-0.4, -0.2) is 41.4 Å². The number of aromatic nitrogens is 3. The Morgan fingerprint density at radius 1 is 1.47 bits per heavy atom. The second-order valence-corrected chi connectivity index (χ2v) is 6.02. The summed E-state index contributed by atoms with van der Waals surface area (Å²) in [4.78, 5) is 0. The van der Waals surface area contributed by atoms with Gasteiger partial charge in [0, 0.05) is 25.9 Å². The lowest BCUT2D eigenvalue weighted by Gasteiger charge is -2.05. The van der Waals surface area contributed by atoms with Crippen molar-refractivity contribution in [3.8, 4) is 0 Å². The molecule has 0 spiro atoms. The van der Waals surface area contributed by atoms with Crippen molar-refractivity contribution < 1.29 is 8.42 Å². The molecule has 0 atom stereocenters. The predicted molar refractivity (Wildman–Crippen MR) is 66.5 cm³/mol. The number of nitrogens with one attached hydrogen (secondary N) is 1. The molecule has 1 rings (SSSR count). The number of sulfonamides is 1. The monoisotopic (exact) mass is 280 g/mol. The summed E-state index contributed by atoms with van der Waals surface area (Å²) >= 11 is 5.49. The molecule has 0 saturated heterocycles. The van der Waals surface area contributed by atoms with E-state index < -0.39 is 10.0 Å². The maximum Gasteiger partial charge on any atom is 0.211 e. The molecular formula is C9H17ClN4O2S. The number of halogens is 1. The Labute approximate surface area is 106 Å². The van der Waals surface area contributed by atoms with Crippen molar-refractivity contribution in [2.75, 3.05) is 18.2 Å². The van der Waals surface area contributed by atoms with E-state index in [1.807, 2.05) is 7.05 Å². The molecule has 6 nitrogen and oxygen atoms in total. The molecule has 0 fully saturated rings. The van der Waals surface area contributed by atoms with Gasteiger partial charge in [-0.25, -0.2) is 13.1 Å². The molecule has 0 aliphatic rings. The molecule has 0 aliphatic heterocycles. The maximum atomic E-state index is 11.5. The van der Waals surface area contributed by atoms with E-state index in [1.165, 1.54) is 0 Å². The third-order valence-electron chi connectivity index (χ3n) is 2.27. The quantitative estimate of drug-likeness (QED) is 0.549. The van der Waals surface area contributed by atoms with Gasteiger partial charge in [0.2, 0.25) is 10.0 Å². The maximum absolute atomic E-state index is 11.5. The Kier molecular flexibility index (Phi) is 5.87. The first-order valence-corrected chi connectivity index (χ1v) is 7.60. The van der Waals surface area contributed by atoms with E-state index in [4.69, 9.17) is 11.6 Å². The van der Waals surface area contributed by atoms with Crippen LogP contribution in [0.1, 0.15) is 18.7 Å². The zero-order valence-electron chi connectivity index (χ0n) is 9.76. The van der Waals surface area contributed by atoms with E-state index in [-0.39, 0.29) is 5.75 Å². The fraction of sp³-hybridized carbons (Fsp3) is 0.778. The lowest BCUT2D eigenvalue weighted by molar-refractivity contribution is 0.576. The van der Waals surface area contributed by atoms with Gasteiger partial charge in [0.15, 0.2) is 0 Å². The van der Waals surface area contributed by atoms with Crippen LogP contribution in [0.2, 0.25) is 0 Å². The number of alkyl halides is 1. The third kappa shape index (κ3) is 5.47. The highest BCUT2D eigenvalue weighted by Crippen LogP contribution is 1.97. The third-order valence-corrected chi connectivity index (χ3v) is 4.01. The molecule has 0 aliphatic carbocycles. The SMILES string of the molecule is Cn1cnnc1CCNS(=O)(=O)CCCCCl. The van der Waals surface area contributed by atoms with E-state index >= 15 is 0 Å². The van der Waals surface area contributed by atoms with Crippen LogP contribution >= 0.6 is 11.6 Å². The van der Waals surface area contributed by atoms with Crippen LogP contribution in [0.3, 0.4) is 0 Å². The van der Waals surface area contributed by atoms with E-state index in [2.05, 4.69) is 14.9 Å². The van der Waals surface area contributed by atoms with Crippen LogP contribution in [0.25, 0.3) is 0 Å². The van der Waals surface area contributed by atoms with Crippen LogP contribution in [-0.2, 0) is 23.5 Å². The standard InChI is InChI=1S/C9H17ClN4O2S/c1-14-8-11-13-9(14)4-6-12-17(15,16)7-3-2-5-10/h8,12H,2-7H2,1H3. The highest BCUT2D eigenvalue weighted by Gasteiger charge is 2.09. The second kappa shape index (κ2) is 6.93. The molecule has 1 aromatic rings. The van der Waals surface area contributed by atoms with Gasteiger partial charge in [0.1, 0.15) is 12.2 Å². The van der Waals surface area contributed by atoms with E-state index in [9.17, 15) is 8.42 Å². The minimum absolute atomic E-state index is 0.124. The Balaban J connectivity index is 2.28. The number of nitrogens with zero attached hydrogens (tertiary/aromatic N) is 3. The van der Waals surface area contributed by atoms with Gasteiger partial charge in [0.05, 0.1) is 5.75 Å². The first-order chi connectivity index (χ1) is 8.05. The van der Waals surface area contributed by atoms with Crippen LogP contribution in [0, 0.1) is 0 Å². The van der Waals surface area contributed by atoms with Crippen molar-refractivity contribution in [3.05, 3.63) is 12.2 Å². The highest BCUT2D eigenvalue weighted by molar-refractivity contribution is 7.89. The van der Waals surface area contributed by atoms with Gasteiger partial charge in [-0.05, 0) is 12.8 Å². The van der Waals surface area contributed by atoms with Gasteiger partial charge < -0.3 is 4.57 Å². The minimum Gasteiger partial charge on any atom is -0.321 e. The minimum atomic E-state index is -3.19. The van der Waals surface area contributed by atoms with Crippen molar-refractivity contribution in [2.24, 2.45) is 7.05 Å². The van der Waals surface area contributed by atoms with Crippen LogP contribution in [0.4, 0.5) is 0 Å². The number of hydrogen-bond donors (Lipinski definition) is 1. The Morgan fingerprint density at radius 2 is 2.24 bits per heavy atom. The Bertz CT molecular complexity index is 432. The summed E-state index contributed by atoms with van der Waals surface area (Å²) < 4.78 is 27.3. The molecule has 0 bridgehead atoms. The largest absolute Gasteiger partial charge is 0.321 e. The van der Waals surface area contributed by atoms with E-state index in [0.29, 0.717) is 31.7 Å². The Morgan fingerprint density at radius 3 is 2.82 bits per heavy atom. The molecule has 0 unspecified atom stereocenters. The van der Waals surface area contributed by atoms with Crippen molar-refractivity contribution in [1.82, 2.24) is 19.5 Å². The average molecular weight is 281 g/mol. The lowest BCUT2D eigenvalue weighted by atomic mass is 10.4. The molecule has 98 valence electrons. The van der Waals surface area contributed by atoms with Gasteiger partial charge in [-0.15, -0.1) is 21.8 Å². The predicted octanol–water partition coefficient (Wildman–Crippen LogP) is 0.296. The molecular weight excluding hydrogens is 264 g/mol. The van der Waals surface area contributed by atoms with Crippen LogP contribution < -0.4 is 4.72 Å². The van der Waals surface area contributed by atoms with Crippen molar-refractivity contribution >= 4 is 21.6 Å². The van der Waals surface area contributed by atoms with Crippen molar-refractivity contribution in [1.29, 1.82) is 0 Å². The number of unbranched alkanes of at least 4 members (excludes halogenated alkanes) is 1. The van der Waals surface area contributed by atoms with Crippen LogP contribution in [0.5, 0.6) is 0 Å². The van der Waals surface area contributed by atoms with Crippen molar-refractivity contribution in [3.63, 3.8) is 0 Å². The molecule has 1 N–H and O–H groups in total. The summed E-state index contributed by atoms with van der Waals surface area (Å²) in [5.74, 6) is 1.38. The molecule has 8 heteroatoms. The molecule has 1 aromatic heterocycles. The number of hydrogen-bond acceptors (Lipinski definition) is 4. The fourth-order valence-electron chi connectivity index (χ4n) is 1.31. The Hall–Kier alpha value is -0.660. The number of aryl methyl sites for hydroxylation is 1. The normalized spacial score (nSPS) is 11.9. The lowest BCUT2D eigenvalue weighted by Crippen LogP contribution is -2.29. The zero-order chi connectivity index (χ0) is 12.7. The van der Waals surface area contributed by atoms with Gasteiger partial charge in [-0.1, -0.05) is 0 Å². The van der Waals surface area contributed by atoms with Gasteiger partial charge in [0.25, 0.3) is 0 Å². The molecule has 1 heterocycles. The molecule has 0 radical (unpaired) electrons. The summed E-state index contributed by atoms with van der Waals surface area (Å²) in [5, 5.41) is 7.59. The number of rotatable bonds is 8. The summed E-state index contributed by atoms with van der Waals surface area (Å²) in [5.41, 5.74) is 0. The highest BCUT2D eigenvalue weighted by atomic mass is 35.5. The zero-order valence-corrected chi connectivity index (χ0v) is 11.3. The van der Waals surface area contributed by atoms with Gasteiger partial charge in [-0.2, -0.15) is 0 Å². The first kappa shape index (κ1) is 14.4. The van der Waals surface area contributed by atoms with Crippen LogP contribution in [0.15, 0.2) is 6.33 Å². The van der Waals surface area contributed by atoms with E-state index in [0.717, 1.165) is 5.82 Å². The van der Waals surface area contributed by atoms with E-state index in [1.54, 1.807) is 10.9 Å². The summed E-state index contributed by atoms with van der Waals surface area (Å²) in [6.45, 7) is 0.343. The van der Waals surface area contributed by atoms with Crippen molar-refractivity contribution in [2.45, 2.75) is 19.3 Å². The average Bonchev–Trinajstić information content (AvgIpc) is 2.64. The topological polar surface area (TPSA) is 76.9 Å². The first-order valence-electron chi connectivity index (χ1n) is 5.41. The summed E-state index contributed by atoms with van der Waals surface area (Å²) in [6, 6.07) is 0. The van der Waals surface area contributed by atoms with Gasteiger partial charge >= 0.3 is 0 Å². The molecule has 0 amide bonds. The second-order valence-electron chi connectivity index (χ2n) is 3.72. The van der Waals surface area contributed by atoms with Gasteiger partial charge in [-0.3, -0.25) is 0 Å². The smallest absolute Gasteiger partial charge is 0.211 e. The molecule has 0 saturated carbocycles. The summed E-state index contributed by atoms with van der Waals surface area (Å²) in [6.07, 6.45) is 3.42. The molecule has 0 aromatic carbocycles.